The number of amides is 2. The highest BCUT2D eigenvalue weighted by Crippen LogP contribution is 2.34. The maximum Gasteiger partial charge on any atom is 0.249 e. The molecule has 2 heterocycles. The van der Waals surface area contributed by atoms with Crippen molar-refractivity contribution in [3.05, 3.63) is 65.9 Å². The Bertz CT molecular complexity index is 1130. The summed E-state index contributed by atoms with van der Waals surface area (Å²) in [4.78, 5) is 24.7. The second-order valence-corrected chi connectivity index (χ2v) is 6.34. The molecule has 0 bridgehead atoms. The van der Waals surface area contributed by atoms with Crippen molar-refractivity contribution in [1.29, 1.82) is 0 Å². The maximum atomic E-state index is 13.9. The fourth-order valence-corrected chi connectivity index (χ4v) is 3.05. The summed E-state index contributed by atoms with van der Waals surface area (Å²) in [5.41, 5.74) is 0.447. The van der Waals surface area contributed by atoms with Crippen LogP contribution in [-0.2, 0) is 9.59 Å². The van der Waals surface area contributed by atoms with Crippen molar-refractivity contribution in [3.8, 4) is 11.1 Å². The molecule has 0 aliphatic carbocycles. The Morgan fingerprint density at radius 3 is 2.52 bits per heavy atom. The Labute approximate surface area is 161 Å². The Balaban J connectivity index is 1.67. The zero-order valence-corrected chi connectivity index (χ0v) is 14.5. The maximum absolute atomic E-state index is 13.9. The molecule has 1 aliphatic rings. The third-order valence-corrected chi connectivity index (χ3v) is 4.48. The Hall–Kier alpha value is -3.69. The van der Waals surface area contributed by atoms with E-state index in [1.165, 1.54) is 35.1 Å². The van der Waals surface area contributed by atoms with Gasteiger partial charge in [-0.3, -0.25) is 9.59 Å². The second-order valence-electron chi connectivity index (χ2n) is 6.34. The Morgan fingerprint density at radius 2 is 1.79 bits per heavy atom. The number of nitrogens with zero attached hydrogens (tertiary/aromatic N) is 2. The molecule has 1 aromatic heterocycles. The van der Waals surface area contributed by atoms with Gasteiger partial charge in [-0.15, -0.1) is 0 Å². The van der Waals surface area contributed by atoms with Crippen molar-refractivity contribution in [1.82, 2.24) is 9.78 Å². The van der Waals surface area contributed by atoms with Gasteiger partial charge in [0.25, 0.3) is 0 Å². The lowest BCUT2D eigenvalue weighted by atomic mass is 10.1. The zero-order chi connectivity index (χ0) is 20.7. The Morgan fingerprint density at radius 1 is 1.07 bits per heavy atom. The van der Waals surface area contributed by atoms with E-state index in [2.05, 4.69) is 15.7 Å². The molecular formula is C19H12F4N4O2. The van der Waals surface area contributed by atoms with E-state index in [1.807, 2.05) is 0 Å². The molecule has 4 rings (SSSR count). The number of nitrogens with one attached hydrogen (secondary N) is 2. The summed E-state index contributed by atoms with van der Waals surface area (Å²) in [5, 5.41) is 8.87. The van der Waals surface area contributed by atoms with Gasteiger partial charge < -0.3 is 10.6 Å². The van der Waals surface area contributed by atoms with Crippen LogP contribution in [0.4, 0.5) is 29.1 Å². The molecule has 1 atom stereocenters. The van der Waals surface area contributed by atoms with Crippen molar-refractivity contribution in [2.45, 2.75) is 12.5 Å². The van der Waals surface area contributed by atoms with E-state index in [4.69, 9.17) is 0 Å². The Kier molecular flexibility index (Phi) is 4.53. The van der Waals surface area contributed by atoms with Gasteiger partial charge in [0.2, 0.25) is 11.8 Å². The van der Waals surface area contributed by atoms with Crippen LogP contribution >= 0.6 is 0 Å². The predicted octanol–water partition coefficient (Wildman–Crippen LogP) is 3.63. The van der Waals surface area contributed by atoms with Crippen LogP contribution in [0.25, 0.3) is 11.1 Å². The van der Waals surface area contributed by atoms with E-state index in [0.29, 0.717) is 17.2 Å². The summed E-state index contributed by atoms with van der Waals surface area (Å²) in [6.45, 7) is 0. The second kappa shape index (κ2) is 7.04. The minimum atomic E-state index is -1.72. The summed E-state index contributed by atoms with van der Waals surface area (Å²) in [6, 6.07) is 5.84. The van der Waals surface area contributed by atoms with E-state index in [1.54, 1.807) is 0 Å². The van der Waals surface area contributed by atoms with Crippen LogP contribution in [0.15, 0.2) is 42.6 Å². The van der Waals surface area contributed by atoms with E-state index in [9.17, 15) is 27.2 Å². The summed E-state index contributed by atoms with van der Waals surface area (Å²) >= 11 is 0. The minimum Gasteiger partial charge on any atom is -0.322 e. The summed E-state index contributed by atoms with van der Waals surface area (Å²) < 4.78 is 54.7. The van der Waals surface area contributed by atoms with Crippen LogP contribution in [0.5, 0.6) is 0 Å². The first-order valence-corrected chi connectivity index (χ1v) is 8.43. The lowest BCUT2D eigenvalue weighted by Crippen LogP contribution is -2.36. The highest BCUT2D eigenvalue weighted by atomic mass is 19.2. The fraction of sp³-hybridized carbons (Fsp3) is 0.105. The van der Waals surface area contributed by atoms with Gasteiger partial charge in [0, 0.05) is 5.56 Å². The molecule has 2 N–H and O–H groups in total. The van der Waals surface area contributed by atoms with Gasteiger partial charge in [-0.1, -0.05) is 12.1 Å². The molecule has 3 aromatic rings. The molecule has 2 aromatic carbocycles. The van der Waals surface area contributed by atoms with Gasteiger partial charge >= 0.3 is 0 Å². The van der Waals surface area contributed by atoms with E-state index in [0.717, 1.165) is 6.07 Å². The highest BCUT2D eigenvalue weighted by molar-refractivity contribution is 6.03. The molecule has 148 valence electrons. The van der Waals surface area contributed by atoms with Crippen molar-refractivity contribution in [2.24, 2.45) is 0 Å². The first kappa shape index (κ1) is 18.7. The smallest absolute Gasteiger partial charge is 0.249 e. The van der Waals surface area contributed by atoms with Crippen LogP contribution in [0.1, 0.15) is 12.5 Å². The van der Waals surface area contributed by atoms with Crippen LogP contribution in [0.2, 0.25) is 0 Å². The van der Waals surface area contributed by atoms with E-state index in [-0.39, 0.29) is 12.2 Å². The van der Waals surface area contributed by atoms with Crippen LogP contribution in [-0.4, -0.2) is 21.6 Å². The number of carbonyl (C=O) groups is 2. The molecule has 0 radical (unpaired) electrons. The van der Waals surface area contributed by atoms with Gasteiger partial charge in [0.05, 0.1) is 18.3 Å². The molecule has 2 amide bonds. The van der Waals surface area contributed by atoms with Crippen molar-refractivity contribution in [2.75, 3.05) is 10.6 Å². The normalized spacial score (nSPS) is 15.6. The quantitative estimate of drug-likeness (QED) is 0.517. The van der Waals surface area contributed by atoms with Crippen LogP contribution in [0.3, 0.4) is 0 Å². The molecule has 0 spiro atoms. The van der Waals surface area contributed by atoms with Gasteiger partial charge in [-0.2, -0.15) is 5.10 Å². The SMILES string of the molecule is O=C1C[C@H](C(=O)Nc2ccc(F)c(F)c2F)n2ncc(-c3ccc(F)cc3)c2N1. The standard InChI is InChI=1S/C19H12F4N4O2/c20-10-3-1-9(2-4-10)11-8-24-27-14(7-15(28)26-18(11)27)19(29)25-13-6-5-12(21)16(22)17(13)23/h1-6,8,14H,7H2,(H,25,29)(H,26,28)/t14-/m1/s1. The number of benzene rings is 2. The molecule has 0 fully saturated rings. The molecule has 29 heavy (non-hydrogen) atoms. The zero-order valence-electron chi connectivity index (χ0n) is 14.5. The van der Waals surface area contributed by atoms with Gasteiger partial charge in [-0.25, -0.2) is 22.2 Å². The lowest BCUT2D eigenvalue weighted by molar-refractivity contribution is -0.125. The van der Waals surface area contributed by atoms with Crippen molar-refractivity contribution in [3.63, 3.8) is 0 Å². The van der Waals surface area contributed by atoms with E-state index < -0.39 is 46.8 Å². The first-order chi connectivity index (χ1) is 13.8. The predicted molar refractivity (Wildman–Crippen MR) is 94.9 cm³/mol. The van der Waals surface area contributed by atoms with Crippen LogP contribution < -0.4 is 10.6 Å². The monoisotopic (exact) mass is 404 g/mol. The van der Waals surface area contributed by atoms with Gasteiger partial charge in [-0.05, 0) is 29.8 Å². The molecule has 0 saturated heterocycles. The molecule has 0 unspecified atom stereocenters. The molecule has 10 heteroatoms. The summed E-state index contributed by atoms with van der Waals surface area (Å²) in [5.74, 6) is -6.22. The summed E-state index contributed by atoms with van der Waals surface area (Å²) in [7, 11) is 0. The van der Waals surface area contributed by atoms with Crippen molar-refractivity contribution >= 4 is 23.3 Å². The molecule has 0 saturated carbocycles. The van der Waals surface area contributed by atoms with Gasteiger partial charge in [0.1, 0.15) is 17.7 Å². The number of anilines is 2. The first-order valence-electron chi connectivity index (χ1n) is 8.43. The number of hydrogen-bond donors (Lipinski definition) is 2. The summed E-state index contributed by atoms with van der Waals surface area (Å²) in [6.07, 6.45) is 1.10. The third kappa shape index (κ3) is 3.33. The molecular weight excluding hydrogens is 392 g/mol. The lowest BCUT2D eigenvalue weighted by Gasteiger charge is -2.24. The van der Waals surface area contributed by atoms with Crippen LogP contribution in [0, 0.1) is 23.3 Å². The van der Waals surface area contributed by atoms with E-state index >= 15 is 0 Å². The average Bonchev–Trinajstić information content (AvgIpc) is 3.12. The number of aromatic nitrogens is 2. The largest absolute Gasteiger partial charge is 0.322 e. The van der Waals surface area contributed by atoms with Gasteiger partial charge in [0.15, 0.2) is 17.5 Å². The number of halogens is 4. The highest BCUT2D eigenvalue weighted by Gasteiger charge is 2.33. The molecule has 6 nitrogen and oxygen atoms in total. The number of fused-ring (bicyclic) bond motifs is 1. The molecule has 1 aliphatic heterocycles. The third-order valence-electron chi connectivity index (χ3n) is 4.48. The average molecular weight is 404 g/mol. The minimum absolute atomic E-state index is 0.207. The number of hydrogen-bond acceptors (Lipinski definition) is 3. The number of rotatable bonds is 3. The fourth-order valence-electron chi connectivity index (χ4n) is 3.05. The van der Waals surface area contributed by atoms with Crippen molar-refractivity contribution < 1.29 is 27.2 Å². The number of carbonyl (C=O) groups excluding carboxylic acids is 2. The topological polar surface area (TPSA) is 76.0 Å².